The minimum absolute atomic E-state index is 0.168. The third kappa shape index (κ3) is 3.56. The fourth-order valence-electron chi connectivity index (χ4n) is 1.64. The number of likely N-dealkylation sites (N-methyl/N-ethyl adjacent to an activating group) is 1. The number of hydrogen-bond acceptors (Lipinski definition) is 3. The standard InChI is InChI=1S/C11H23NO2/c1-3-12-11(2,9-13)7-8-14-10-5-4-6-10/h10,12-13H,3-9H2,1-2H3. The van der Waals surface area contributed by atoms with E-state index < -0.39 is 0 Å². The molecule has 3 heteroatoms. The van der Waals surface area contributed by atoms with Gasteiger partial charge in [-0.1, -0.05) is 6.92 Å². The Labute approximate surface area is 86.8 Å². The quantitative estimate of drug-likeness (QED) is 0.652. The van der Waals surface area contributed by atoms with Crippen molar-refractivity contribution in [2.45, 2.75) is 51.2 Å². The number of aliphatic hydroxyl groups excluding tert-OH is 1. The molecule has 1 aliphatic carbocycles. The Morgan fingerprint density at radius 3 is 2.64 bits per heavy atom. The molecule has 0 heterocycles. The van der Waals surface area contributed by atoms with E-state index in [2.05, 4.69) is 12.2 Å². The lowest BCUT2D eigenvalue weighted by Crippen LogP contribution is -2.46. The Balaban J connectivity index is 2.12. The zero-order valence-corrected chi connectivity index (χ0v) is 9.38. The lowest BCUT2D eigenvalue weighted by molar-refractivity contribution is -0.0110. The smallest absolute Gasteiger partial charge is 0.0611 e. The predicted molar refractivity (Wildman–Crippen MR) is 57.4 cm³/mol. The molecular formula is C11H23NO2. The van der Waals surface area contributed by atoms with Crippen molar-refractivity contribution in [2.24, 2.45) is 0 Å². The van der Waals surface area contributed by atoms with Crippen LogP contribution in [0.1, 0.15) is 39.5 Å². The molecule has 0 aliphatic heterocycles. The summed E-state index contributed by atoms with van der Waals surface area (Å²) < 4.78 is 5.67. The zero-order chi connectivity index (χ0) is 10.4. The highest BCUT2D eigenvalue weighted by atomic mass is 16.5. The summed E-state index contributed by atoms with van der Waals surface area (Å²) in [6.07, 6.45) is 5.14. The van der Waals surface area contributed by atoms with Crippen molar-refractivity contribution >= 4 is 0 Å². The average molecular weight is 201 g/mol. The van der Waals surface area contributed by atoms with Crippen LogP contribution in [0.25, 0.3) is 0 Å². The maximum Gasteiger partial charge on any atom is 0.0611 e. The van der Waals surface area contributed by atoms with Crippen LogP contribution < -0.4 is 5.32 Å². The van der Waals surface area contributed by atoms with E-state index in [0.717, 1.165) is 19.6 Å². The van der Waals surface area contributed by atoms with Gasteiger partial charge in [0.1, 0.15) is 0 Å². The molecule has 0 saturated heterocycles. The van der Waals surface area contributed by atoms with Crippen LogP contribution in [-0.2, 0) is 4.74 Å². The average Bonchev–Trinajstić information content (AvgIpc) is 2.10. The molecule has 0 aromatic carbocycles. The molecule has 1 unspecified atom stereocenters. The van der Waals surface area contributed by atoms with Crippen molar-refractivity contribution in [3.8, 4) is 0 Å². The summed E-state index contributed by atoms with van der Waals surface area (Å²) in [5, 5.41) is 12.5. The summed E-state index contributed by atoms with van der Waals surface area (Å²) in [7, 11) is 0. The number of hydrogen-bond donors (Lipinski definition) is 2. The van der Waals surface area contributed by atoms with Crippen LogP contribution >= 0.6 is 0 Å². The molecule has 0 bridgehead atoms. The summed E-state index contributed by atoms with van der Waals surface area (Å²) in [5.41, 5.74) is -0.168. The van der Waals surface area contributed by atoms with E-state index in [1.165, 1.54) is 19.3 Å². The van der Waals surface area contributed by atoms with Gasteiger partial charge in [0.25, 0.3) is 0 Å². The van der Waals surface area contributed by atoms with Crippen LogP contribution in [0.2, 0.25) is 0 Å². The van der Waals surface area contributed by atoms with Gasteiger partial charge in [0.15, 0.2) is 0 Å². The molecule has 0 aromatic heterocycles. The van der Waals surface area contributed by atoms with Crippen molar-refractivity contribution in [3.05, 3.63) is 0 Å². The van der Waals surface area contributed by atoms with E-state index in [1.807, 2.05) is 6.92 Å². The lowest BCUT2D eigenvalue weighted by atomic mass is 9.95. The van der Waals surface area contributed by atoms with Crippen molar-refractivity contribution in [2.75, 3.05) is 19.8 Å². The minimum Gasteiger partial charge on any atom is -0.394 e. The Hall–Kier alpha value is -0.120. The van der Waals surface area contributed by atoms with Gasteiger partial charge in [0.2, 0.25) is 0 Å². The van der Waals surface area contributed by atoms with Gasteiger partial charge in [-0.25, -0.2) is 0 Å². The number of rotatable bonds is 7. The molecule has 2 N–H and O–H groups in total. The van der Waals surface area contributed by atoms with Crippen LogP contribution in [-0.4, -0.2) is 36.5 Å². The van der Waals surface area contributed by atoms with Gasteiger partial charge in [-0.3, -0.25) is 0 Å². The van der Waals surface area contributed by atoms with Gasteiger partial charge >= 0.3 is 0 Å². The number of aliphatic hydroxyl groups is 1. The summed E-state index contributed by atoms with van der Waals surface area (Å²) in [4.78, 5) is 0. The van der Waals surface area contributed by atoms with E-state index in [-0.39, 0.29) is 12.1 Å². The van der Waals surface area contributed by atoms with Crippen LogP contribution in [0.4, 0.5) is 0 Å². The van der Waals surface area contributed by atoms with E-state index >= 15 is 0 Å². The summed E-state index contributed by atoms with van der Waals surface area (Å²) in [6, 6.07) is 0. The first-order chi connectivity index (χ1) is 6.70. The van der Waals surface area contributed by atoms with Crippen molar-refractivity contribution in [1.29, 1.82) is 0 Å². The fourth-order valence-corrected chi connectivity index (χ4v) is 1.64. The molecule has 84 valence electrons. The van der Waals surface area contributed by atoms with Gasteiger partial charge in [0, 0.05) is 12.1 Å². The van der Waals surface area contributed by atoms with Gasteiger partial charge in [-0.05, 0) is 39.2 Å². The normalized spacial score (nSPS) is 21.6. The largest absolute Gasteiger partial charge is 0.394 e. The van der Waals surface area contributed by atoms with Crippen LogP contribution in [0.5, 0.6) is 0 Å². The van der Waals surface area contributed by atoms with Crippen LogP contribution in [0.15, 0.2) is 0 Å². The second-order valence-electron chi connectivity index (χ2n) is 4.42. The topological polar surface area (TPSA) is 41.5 Å². The molecular weight excluding hydrogens is 178 g/mol. The zero-order valence-electron chi connectivity index (χ0n) is 9.38. The second kappa shape index (κ2) is 5.69. The Kier molecular flexibility index (Phi) is 4.85. The SMILES string of the molecule is CCNC(C)(CO)CCOC1CCC1. The van der Waals surface area contributed by atoms with E-state index in [1.54, 1.807) is 0 Å². The first-order valence-electron chi connectivity index (χ1n) is 5.67. The second-order valence-corrected chi connectivity index (χ2v) is 4.42. The molecule has 1 rings (SSSR count). The first kappa shape index (κ1) is 12.0. The molecule has 3 nitrogen and oxygen atoms in total. The molecule has 14 heavy (non-hydrogen) atoms. The van der Waals surface area contributed by atoms with Crippen LogP contribution in [0.3, 0.4) is 0 Å². The lowest BCUT2D eigenvalue weighted by Gasteiger charge is -2.31. The van der Waals surface area contributed by atoms with Gasteiger partial charge in [0.05, 0.1) is 12.7 Å². The number of ether oxygens (including phenoxy) is 1. The number of nitrogens with one attached hydrogen (secondary N) is 1. The Morgan fingerprint density at radius 1 is 1.50 bits per heavy atom. The summed E-state index contributed by atoms with van der Waals surface area (Å²) in [5.74, 6) is 0. The highest BCUT2D eigenvalue weighted by Crippen LogP contribution is 2.22. The monoisotopic (exact) mass is 201 g/mol. The summed E-state index contributed by atoms with van der Waals surface area (Å²) in [6.45, 7) is 5.92. The first-order valence-corrected chi connectivity index (χ1v) is 5.67. The minimum atomic E-state index is -0.168. The third-order valence-corrected chi connectivity index (χ3v) is 3.01. The molecule has 0 amide bonds. The van der Waals surface area contributed by atoms with Crippen molar-refractivity contribution in [1.82, 2.24) is 5.32 Å². The molecule has 1 fully saturated rings. The third-order valence-electron chi connectivity index (χ3n) is 3.01. The van der Waals surface area contributed by atoms with Gasteiger partial charge < -0.3 is 15.2 Å². The van der Waals surface area contributed by atoms with Crippen molar-refractivity contribution < 1.29 is 9.84 Å². The van der Waals surface area contributed by atoms with Crippen molar-refractivity contribution in [3.63, 3.8) is 0 Å². The highest BCUT2D eigenvalue weighted by Gasteiger charge is 2.23. The predicted octanol–water partition coefficient (Wildman–Crippen LogP) is 1.31. The molecule has 1 atom stereocenters. The maximum atomic E-state index is 9.23. The Morgan fingerprint density at radius 2 is 2.21 bits per heavy atom. The fraction of sp³-hybridized carbons (Fsp3) is 1.00. The molecule has 0 aromatic rings. The van der Waals surface area contributed by atoms with Gasteiger partial charge in [-0.2, -0.15) is 0 Å². The Bertz CT molecular complexity index is 159. The van der Waals surface area contributed by atoms with E-state index in [0.29, 0.717) is 6.10 Å². The van der Waals surface area contributed by atoms with Crippen LogP contribution in [0, 0.1) is 0 Å². The van der Waals surface area contributed by atoms with E-state index in [9.17, 15) is 5.11 Å². The summed E-state index contributed by atoms with van der Waals surface area (Å²) >= 11 is 0. The molecule has 1 saturated carbocycles. The molecule has 1 aliphatic rings. The van der Waals surface area contributed by atoms with E-state index in [4.69, 9.17) is 4.74 Å². The maximum absolute atomic E-state index is 9.23. The highest BCUT2D eigenvalue weighted by molar-refractivity contribution is 4.81. The van der Waals surface area contributed by atoms with Gasteiger partial charge in [-0.15, -0.1) is 0 Å². The molecule has 0 radical (unpaired) electrons. The molecule has 0 spiro atoms.